The minimum Gasteiger partial charge on any atom is -0.399 e. The van der Waals surface area contributed by atoms with Crippen LogP contribution >= 0.6 is 0 Å². The van der Waals surface area contributed by atoms with E-state index in [0.717, 1.165) is 43.5 Å². The number of benzene rings is 1. The van der Waals surface area contributed by atoms with E-state index in [9.17, 15) is 0 Å². The van der Waals surface area contributed by atoms with Crippen LogP contribution in [0.3, 0.4) is 0 Å². The van der Waals surface area contributed by atoms with Crippen LogP contribution in [0, 0.1) is 0 Å². The molecule has 0 amide bonds. The van der Waals surface area contributed by atoms with Gasteiger partial charge in [0.15, 0.2) is 0 Å². The van der Waals surface area contributed by atoms with Crippen molar-refractivity contribution in [2.45, 2.75) is 44.6 Å². The number of ether oxygens (including phenoxy) is 1. The van der Waals surface area contributed by atoms with Crippen LogP contribution in [0.1, 0.15) is 43.5 Å². The molecule has 21 heavy (non-hydrogen) atoms. The molecule has 0 saturated carbocycles. The van der Waals surface area contributed by atoms with Gasteiger partial charge in [-0.25, -0.2) is 0 Å². The van der Waals surface area contributed by atoms with Crippen LogP contribution in [0.15, 0.2) is 28.8 Å². The van der Waals surface area contributed by atoms with Gasteiger partial charge in [-0.1, -0.05) is 23.4 Å². The highest BCUT2D eigenvalue weighted by Crippen LogP contribution is 2.32. The van der Waals surface area contributed by atoms with Crippen LogP contribution < -0.4 is 5.73 Å². The summed E-state index contributed by atoms with van der Waals surface area (Å²) >= 11 is 0. The third-order valence-electron chi connectivity index (χ3n) is 4.07. The van der Waals surface area contributed by atoms with Crippen LogP contribution in [-0.4, -0.2) is 16.7 Å². The standard InChI is InChI=1S/C16H21N3O2/c1-16(10-4-5-11-20-16)15-18-14(21-19-15)9-8-12-6-2-3-7-13(12)17/h2-3,6-7H,4-5,8-11,17H2,1H3. The molecule has 3 rings (SSSR count). The van der Waals surface area contributed by atoms with E-state index in [1.54, 1.807) is 0 Å². The zero-order valence-corrected chi connectivity index (χ0v) is 12.3. The molecule has 0 aliphatic carbocycles. The number of nitrogens with zero attached hydrogens (tertiary/aromatic N) is 2. The molecule has 0 bridgehead atoms. The monoisotopic (exact) mass is 287 g/mol. The number of nitrogen functional groups attached to an aromatic ring is 1. The average Bonchev–Trinajstić information content (AvgIpc) is 2.97. The second-order valence-corrected chi connectivity index (χ2v) is 5.75. The van der Waals surface area contributed by atoms with Crippen molar-refractivity contribution < 1.29 is 9.26 Å². The molecule has 5 nitrogen and oxygen atoms in total. The summed E-state index contributed by atoms with van der Waals surface area (Å²) in [6, 6.07) is 7.86. The molecule has 2 N–H and O–H groups in total. The van der Waals surface area contributed by atoms with Crippen LogP contribution in [-0.2, 0) is 23.2 Å². The van der Waals surface area contributed by atoms with Gasteiger partial charge in [0.05, 0.1) is 0 Å². The normalized spacial score (nSPS) is 22.3. The Kier molecular flexibility index (Phi) is 3.92. The summed E-state index contributed by atoms with van der Waals surface area (Å²) in [6.07, 6.45) is 4.68. The van der Waals surface area contributed by atoms with Gasteiger partial charge in [0.25, 0.3) is 0 Å². The van der Waals surface area contributed by atoms with Gasteiger partial charge in [-0.05, 0) is 44.2 Å². The van der Waals surface area contributed by atoms with Gasteiger partial charge in [0, 0.05) is 18.7 Å². The van der Waals surface area contributed by atoms with Crippen LogP contribution in [0.2, 0.25) is 0 Å². The van der Waals surface area contributed by atoms with Gasteiger partial charge in [-0.2, -0.15) is 4.98 Å². The summed E-state index contributed by atoms with van der Waals surface area (Å²) in [4.78, 5) is 4.51. The molecule has 1 saturated heterocycles. The molecular formula is C16H21N3O2. The van der Waals surface area contributed by atoms with Crippen LogP contribution in [0.5, 0.6) is 0 Å². The van der Waals surface area contributed by atoms with E-state index in [1.807, 2.05) is 31.2 Å². The molecular weight excluding hydrogens is 266 g/mol. The SMILES string of the molecule is CC1(c2noc(CCc3ccccc3N)n2)CCCCO1. The van der Waals surface area contributed by atoms with Crippen molar-refractivity contribution >= 4 is 5.69 Å². The topological polar surface area (TPSA) is 74.2 Å². The summed E-state index contributed by atoms with van der Waals surface area (Å²) in [5.74, 6) is 1.31. The van der Waals surface area contributed by atoms with Gasteiger partial charge in [0.1, 0.15) is 5.60 Å². The summed E-state index contributed by atoms with van der Waals surface area (Å²) in [7, 11) is 0. The summed E-state index contributed by atoms with van der Waals surface area (Å²) in [5, 5.41) is 4.10. The fourth-order valence-corrected chi connectivity index (χ4v) is 2.69. The largest absolute Gasteiger partial charge is 0.399 e. The lowest BCUT2D eigenvalue weighted by Gasteiger charge is -2.30. The molecule has 2 heterocycles. The quantitative estimate of drug-likeness (QED) is 0.875. The Balaban J connectivity index is 1.67. The first kappa shape index (κ1) is 14.1. The molecule has 1 aromatic heterocycles. The predicted octanol–water partition coefficient (Wildman–Crippen LogP) is 2.85. The third kappa shape index (κ3) is 3.08. The van der Waals surface area contributed by atoms with Crippen molar-refractivity contribution in [2.24, 2.45) is 0 Å². The number of nitrogens with two attached hydrogens (primary N) is 1. The molecule has 112 valence electrons. The molecule has 2 aromatic rings. The number of hydrogen-bond acceptors (Lipinski definition) is 5. The van der Waals surface area contributed by atoms with Gasteiger partial charge >= 0.3 is 0 Å². The zero-order chi connectivity index (χ0) is 14.7. The highest BCUT2D eigenvalue weighted by molar-refractivity contribution is 5.46. The first-order chi connectivity index (χ1) is 10.2. The van der Waals surface area contributed by atoms with E-state index in [1.165, 1.54) is 0 Å². The van der Waals surface area contributed by atoms with Gasteiger partial charge in [-0.3, -0.25) is 0 Å². The van der Waals surface area contributed by atoms with E-state index >= 15 is 0 Å². The van der Waals surface area contributed by atoms with Crippen molar-refractivity contribution in [3.8, 4) is 0 Å². The Bertz CT molecular complexity index is 603. The summed E-state index contributed by atoms with van der Waals surface area (Å²) in [5.41, 5.74) is 7.46. The first-order valence-electron chi connectivity index (χ1n) is 7.48. The zero-order valence-electron chi connectivity index (χ0n) is 12.3. The lowest BCUT2D eigenvalue weighted by Crippen LogP contribution is -2.31. The molecule has 0 spiro atoms. The summed E-state index contributed by atoms with van der Waals surface area (Å²) < 4.78 is 11.2. The van der Waals surface area contributed by atoms with Crippen molar-refractivity contribution in [3.63, 3.8) is 0 Å². The predicted molar refractivity (Wildman–Crippen MR) is 79.7 cm³/mol. The number of para-hydroxylation sites is 1. The number of aromatic nitrogens is 2. The molecule has 0 radical (unpaired) electrons. The Hall–Kier alpha value is -1.88. The lowest BCUT2D eigenvalue weighted by atomic mass is 9.95. The van der Waals surface area contributed by atoms with Crippen molar-refractivity contribution in [3.05, 3.63) is 41.5 Å². The van der Waals surface area contributed by atoms with Gasteiger partial charge in [-0.15, -0.1) is 0 Å². The van der Waals surface area contributed by atoms with E-state index in [2.05, 4.69) is 10.1 Å². The van der Waals surface area contributed by atoms with Crippen molar-refractivity contribution in [2.75, 3.05) is 12.3 Å². The highest BCUT2D eigenvalue weighted by Gasteiger charge is 2.34. The minimum atomic E-state index is -0.397. The van der Waals surface area contributed by atoms with Crippen molar-refractivity contribution in [1.29, 1.82) is 0 Å². The summed E-state index contributed by atoms with van der Waals surface area (Å²) in [6.45, 7) is 2.80. The lowest BCUT2D eigenvalue weighted by molar-refractivity contribution is -0.0770. The molecule has 1 unspecified atom stereocenters. The Morgan fingerprint density at radius 3 is 2.86 bits per heavy atom. The number of hydrogen-bond donors (Lipinski definition) is 1. The van der Waals surface area contributed by atoms with E-state index < -0.39 is 5.60 Å². The fraction of sp³-hybridized carbons (Fsp3) is 0.500. The maximum absolute atomic E-state index is 5.94. The Labute approximate surface area is 124 Å². The number of anilines is 1. The number of rotatable bonds is 4. The van der Waals surface area contributed by atoms with Gasteiger partial charge in [0.2, 0.25) is 11.7 Å². The van der Waals surface area contributed by atoms with E-state index in [-0.39, 0.29) is 0 Å². The second-order valence-electron chi connectivity index (χ2n) is 5.75. The molecule has 1 atom stereocenters. The van der Waals surface area contributed by atoms with E-state index in [0.29, 0.717) is 18.1 Å². The number of aryl methyl sites for hydroxylation is 2. The van der Waals surface area contributed by atoms with Crippen LogP contribution in [0.4, 0.5) is 5.69 Å². The first-order valence-corrected chi connectivity index (χ1v) is 7.48. The Morgan fingerprint density at radius 2 is 2.10 bits per heavy atom. The molecule has 5 heteroatoms. The van der Waals surface area contributed by atoms with E-state index in [4.69, 9.17) is 15.0 Å². The molecule has 1 aliphatic heterocycles. The van der Waals surface area contributed by atoms with Crippen molar-refractivity contribution in [1.82, 2.24) is 10.1 Å². The Morgan fingerprint density at radius 1 is 1.24 bits per heavy atom. The van der Waals surface area contributed by atoms with Gasteiger partial charge < -0.3 is 15.0 Å². The van der Waals surface area contributed by atoms with Crippen LogP contribution in [0.25, 0.3) is 0 Å². The average molecular weight is 287 g/mol. The highest BCUT2D eigenvalue weighted by atomic mass is 16.5. The molecule has 1 aromatic carbocycles. The maximum Gasteiger partial charge on any atom is 0.227 e. The minimum absolute atomic E-state index is 0.397. The third-order valence-corrected chi connectivity index (χ3v) is 4.07. The molecule has 1 fully saturated rings. The molecule has 1 aliphatic rings. The second kappa shape index (κ2) is 5.85. The maximum atomic E-state index is 5.94. The fourth-order valence-electron chi connectivity index (χ4n) is 2.69. The smallest absolute Gasteiger partial charge is 0.227 e.